The van der Waals surface area contributed by atoms with Crippen molar-refractivity contribution in [1.29, 1.82) is 0 Å². The summed E-state index contributed by atoms with van der Waals surface area (Å²) >= 11 is 6.16. The first-order valence-corrected chi connectivity index (χ1v) is 19.1. The summed E-state index contributed by atoms with van der Waals surface area (Å²) < 4.78 is 28.2. The molecule has 5 N–H and O–H groups in total. The molecule has 3 rings (SSSR count). The lowest BCUT2D eigenvalue weighted by Crippen LogP contribution is -2.55. The smallest absolute Gasteiger partial charge is 0.303 e. The number of benzene rings is 2. The number of anilines is 1. The van der Waals surface area contributed by atoms with E-state index in [9.17, 15) is 27.6 Å². The van der Waals surface area contributed by atoms with E-state index in [0.29, 0.717) is 18.0 Å². The summed E-state index contributed by atoms with van der Waals surface area (Å²) in [6.07, 6.45) is 3.62. The van der Waals surface area contributed by atoms with Crippen LogP contribution >= 0.6 is 11.6 Å². The summed E-state index contributed by atoms with van der Waals surface area (Å²) in [5.41, 5.74) is 1.75. The second-order valence-electron chi connectivity index (χ2n) is 13.3. The van der Waals surface area contributed by atoms with Gasteiger partial charge in [0, 0.05) is 68.8 Å². The molecule has 0 unspecified atom stereocenters. The van der Waals surface area contributed by atoms with Crippen LogP contribution < -0.4 is 30.9 Å². The molecule has 3 aromatic rings. The SMILES string of the molecule is CCNC(=O)[C@@H](NC(=O)[C@H](C)NC[C@H](Cc1cccnc1)NC(=O)c1cc(C(=O)N[C@H](C)c2cccc(Cl)c2)cc(N(C)S(=O)(=O)N(C)C)c1)C(C)C. The van der Waals surface area contributed by atoms with Crippen LogP contribution in [0.1, 0.15) is 72.5 Å². The Morgan fingerprint density at radius 3 is 2.08 bits per heavy atom. The van der Waals surface area contributed by atoms with E-state index in [2.05, 4.69) is 31.6 Å². The molecule has 288 valence electrons. The molecule has 2 aromatic carbocycles. The van der Waals surface area contributed by atoms with Crippen LogP contribution in [-0.2, 0) is 26.2 Å². The topological polar surface area (TPSA) is 182 Å². The van der Waals surface area contributed by atoms with Crippen molar-refractivity contribution >= 4 is 51.1 Å². The number of pyridine rings is 1. The second-order valence-corrected chi connectivity index (χ2v) is 15.9. The molecule has 4 atom stereocenters. The number of rotatable bonds is 18. The highest BCUT2D eigenvalue weighted by Crippen LogP contribution is 2.24. The maximum absolute atomic E-state index is 14.0. The van der Waals surface area contributed by atoms with E-state index in [4.69, 9.17) is 11.6 Å². The van der Waals surface area contributed by atoms with Crippen LogP contribution in [0.4, 0.5) is 5.69 Å². The van der Waals surface area contributed by atoms with Gasteiger partial charge in [0.15, 0.2) is 0 Å². The van der Waals surface area contributed by atoms with Gasteiger partial charge in [0.2, 0.25) is 11.8 Å². The third-order valence-electron chi connectivity index (χ3n) is 8.51. The van der Waals surface area contributed by atoms with Crippen molar-refractivity contribution in [1.82, 2.24) is 35.9 Å². The second kappa shape index (κ2) is 19.5. The van der Waals surface area contributed by atoms with Crippen LogP contribution in [0.2, 0.25) is 5.02 Å². The molecular weight excluding hydrogens is 720 g/mol. The quantitative estimate of drug-likeness (QED) is 0.131. The van der Waals surface area contributed by atoms with E-state index in [1.807, 2.05) is 26.0 Å². The Labute approximate surface area is 317 Å². The van der Waals surface area contributed by atoms with E-state index in [1.54, 1.807) is 57.4 Å². The van der Waals surface area contributed by atoms with Gasteiger partial charge < -0.3 is 26.6 Å². The normalized spacial score (nSPS) is 13.8. The number of nitrogens with one attached hydrogen (secondary N) is 5. The molecule has 0 saturated carbocycles. The summed E-state index contributed by atoms with van der Waals surface area (Å²) in [6.45, 7) is 9.50. The third kappa shape index (κ3) is 12.2. The standard InChI is InChI=1S/C37H51ClN8O6S/c1-9-40-37(50)33(23(2)3)44-34(47)25(5)41-22-31(16-26-12-11-15-39-21-26)43-36(49)29-17-28(19-32(20-29)46(8)53(51,52)45(6)7)35(48)42-24(4)27-13-10-14-30(38)18-27/h10-15,17-21,23-25,31,33,41H,9,16,22H2,1-8H3,(H,40,50)(H,42,48)(H,43,49)(H,44,47)/t24-,25+,31+,33+/m1/s1. The number of carbonyl (C=O) groups is 4. The Kier molecular flexibility index (Phi) is 15.8. The molecule has 4 amide bonds. The fourth-order valence-electron chi connectivity index (χ4n) is 5.33. The van der Waals surface area contributed by atoms with Crippen molar-refractivity contribution in [3.05, 3.63) is 94.3 Å². The predicted molar refractivity (Wildman–Crippen MR) is 207 cm³/mol. The third-order valence-corrected chi connectivity index (χ3v) is 10.6. The van der Waals surface area contributed by atoms with Gasteiger partial charge in [-0.2, -0.15) is 12.7 Å². The minimum Gasteiger partial charge on any atom is -0.355 e. The average molecular weight is 771 g/mol. The monoisotopic (exact) mass is 770 g/mol. The Hall–Kier alpha value is -4.57. The summed E-state index contributed by atoms with van der Waals surface area (Å²) in [6, 6.07) is 12.3. The lowest BCUT2D eigenvalue weighted by atomic mass is 10.0. The van der Waals surface area contributed by atoms with E-state index < -0.39 is 46.2 Å². The fourth-order valence-corrected chi connectivity index (χ4v) is 6.39. The Balaban J connectivity index is 1.92. The number of halogens is 1. The summed E-state index contributed by atoms with van der Waals surface area (Å²) in [5.74, 6) is -1.93. The number of aromatic nitrogens is 1. The first kappa shape index (κ1) is 42.8. The van der Waals surface area contributed by atoms with E-state index in [1.165, 1.54) is 39.3 Å². The fraction of sp³-hybridized carbons (Fsp3) is 0.432. The number of likely N-dealkylation sites (N-methyl/N-ethyl adjacent to an activating group) is 1. The highest BCUT2D eigenvalue weighted by atomic mass is 35.5. The van der Waals surface area contributed by atoms with Crippen LogP contribution in [0.15, 0.2) is 67.0 Å². The predicted octanol–water partition coefficient (Wildman–Crippen LogP) is 3.06. The van der Waals surface area contributed by atoms with Gasteiger partial charge in [-0.1, -0.05) is 43.6 Å². The number of nitrogens with zero attached hydrogens (tertiary/aromatic N) is 3. The van der Waals surface area contributed by atoms with Gasteiger partial charge in [-0.25, -0.2) is 0 Å². The Morgan fingerprint density at radius 1 is 0.849 bits per heavy atom. The molecule has 0 aliphatic heterocycles. The summed E-state index contributed by atoms with van der Waals surface area (Å²) in [4.78, 5) is 57.5. The van der Waals surface area contributed by atoms with E-state index >= 15 is 0 Å². The largest absolute Gasteiger partial charge is 0.355 e. The van der Waals surface area contributed by atoms with Gasteiger partial charge in [-0.05, 0) is 80.6 Å². The van der Waals surface area contributed by atoms with E-state index in [-0.39, 0.29) is 41.1 Å². The summed E-state index contributed by atoms with van der Waals surface area (Å²) in [7, 11) is 0.0990. The minimum atomic E-state index is -3.99. The highest BCUT2D eigenvalue weighted by Gasteiger charge is 2.28. The average Bonchev–Trinajstić information content (AvgIpc) is 3.12. The molecule has 0 saturated heterocycles. The summed E-state index contributed by atoms with van der Waals surface area (Å²) in [5, 5.41) is 15.1. The van der Waals surface area contributed by atoms with Gasteiger partial charge in [0.05, 0.1) is 17.8 Å². The van der Waals surface area contributed by atoms with Crippen LogP contribution in [-0.4, -0.2) is 93.7 Å². The lowest BCUT2D eigenvalue weighted by Gasteiger charge is -2.26. The van der Waals surface area contributed by atoms with Crippen LogP contribution in [0.5, 0.6) is 0 Å². The van der Waals surface area contributed by atoms with Crippen LogP contribution in [0, 0.1) is 5.92 Å². The van der Waals surface area contributed by atoms with Crippen molar-refractivity contribution in [2.24, 2.45) is 5.92 Å². The highest BCUT2D eigenvalue weighted by molar-refractivity contribution is 7.90. The zero-order chi connectivity index (χ0) is 39.5. The van der Waals surface area contributed by atoms with Gasteiger partial charge in [-0.15, -0.1) is 0 Å². The molecule has 0 radical (unpaired) electrons. The first-order chi connectivity index (χ1) is 24.9. The van der Waals surface area contributed by atoms with Crippen LogP contribution in [0.25, 0.3) is 0 Å². The molecule has 14 nitrogen and oxygen atoms in total. The molecule has 0 bridgehead atoms. The number of hydrogen-bond donors (Lipinski definition) is 5. The minimum absolute atomic E-state index is 0.0348. The van der Waals surface area contributed by atoms with Crippen molar-refractivity contribution in [3.8, 4) is 0 Å². The Bertz CT molecular complexity index is 1840. The van der Waals surface area contributed by atoms with E-state index in [0.717, 1.165) is 19.7 Å². The van der Waals surface area contributed by atoms with Gasteiger partial charge in [-0.3, -0.25) is 28.5 Å². The molecule has 0 spiro atoms. The van der Waals surface area contributed by atoms with Crippen molar-refractivity contribution < 1.29 is 27.6 Å². The van der Waals surface area contributed by atoms with Gasteiger partial charge in [0.1, 0.15) is 6.04 Å². The zero-order valence-corrected chi connectivity index (χ0v) is 33.0. The number of hydrogen-bond acceptors (Lipinski definition) is 8. The molecule has 1 heterocycles. The molecule has 0 fully saturated rings. The van der Waals surface area contributed by atoms with Crippen molar-refractivity contribution in [2.75, 3.05) is 38.5 Å². The lowest BCUT2D eigenvalue weighted by molar-refractivity contribution is -0.130. The van der Waals surface area contributed by atoms with Crippen molar-refractivity contribution in [3.63, 3.8) is 0 Å². The van der Waals surface area contributed by atoms with Gasteiger partial charge in [0.25, 0.3) is 11.8 Å². The van der Waals surface area contributed by atoms with Crippen LogP contribution in [0.3, 0.4) is 0 Å². The number of carbonyl (C=O) groups excluding carboxylic acids is 4. The maximum atomic E-state index is 14.0. The molecular formula is C37H51ClN8O6S. The molecule has 53 heavy (non-hydrogen) atoms. The zero-order valence-electron chi connectivity index (χ0n) is 31.4. The maximum Gasteiger partial charge on any atom is 0.303 e. The van der Waals surface area contributed by atoms with Gasteiger partial charge >= 0.3 is 10.2 Å². The molecule has 1 aromatic heterocycles. The molecule has 16 heteroatoms. The Morgan fingerprint density at radius 2 is 1.51 bits per heavy atom. The molecule has 0 aliphatic carbocycles. The number of amides is 4. The first-order valence-electron chi connectivity index (χ1n) is 17.3. The molecule has 0 aliphatic rings. The van der Waals surface area contributed by atoms with Crippen molar-refractivity contribution in [2.45, 2.75) is 65.2 Å².